The van der Waals surface area contributed by atoms with Gasteiger partial charge in [-0.3, -0.25) is 19.1 Å². The molecule has 0 aliphatic heterocycles. The lowest BCUT2D eigenvalue weighted by molar-refractivity contribution is -0.143. The van der Waals surface area contributed by atoms with Crippen molar-refractivity contribution in [3.8, 4) is 5.75 Å². The maximum absolute atomic E-state index is 13.1. The fourth-order valence-electron chi connectivity index (χ4n) is 4.57. The van der Waals surface area contributed by atoms with E-state index in [0.717, 1.165) is 24.2 Å². The molecular formula is C27H40BN5O8S. The largest absolute Gasteiger partial charge is 0.497 e. The van der Waals surface area contributed by atoms with Gasteiger partial charge in [0.15, 0.2) is 5.96 Å². The third-order valence-corrected chi connectivity index (χ3v) is 7.71. The minimum absolute atomic E-state index is 0.0503. The zero-order valence-corrected chi connectivity index (χ0v) is 24.4. The number of ether oxygens (including phenoxy) is 1. The van der Waals surface area contributed by atoms with Gasteiger partial charge in [-0.1, -0.05) is 43.2 Å². The van der Waals surface area contributed by atoms with Crippen LogP contribution in [0.15, 0.2) is 64.5 Å². The minimum Gasteiger partial charge on any atom is -0.497 e. The molecule has 0 bridgehead atoms. The van der Waals surface area contributed by atoms with Gasteiger partial charge in [-0.15, -0.1) is 0 Å². The van der Waals surface area contributed by atoms with Crippen LogP contribution in [0.1, 0.15) is 44.1 Å². The number of methoxy groups -OCH3 is 1. The van der Waals surface area contributed by atoms with Crippen LogP contribution in [0.4, 0.5) is 0 Å². The molecule has 1 atom stereocenters. The fraction of sp³-hybridized carbons (Fsp3) is 0.444. The number of amides is 2. The Labute approximate surface area is 246 Å². The molecule has 1 unspecified atom stereocenters. The summed E-state index contributed by atoms with van der Waals surface area (Å²) in [6.07, 6.45) is 3.66. The predicted octanol–water partition coefficient (Wildman–Crippen LogP) is 0.398. The minimum atomic E-state index is -4.00. The first-order valence-electron chi connectivity index (χ1n) is 13.6. The van der Waals surface area contributed by atoms with Crippen molar-refractivity contribution in [2.45, 2.75) is 55.8 Å². The van der Waals surface area contributed by atoms with Gasteiger partial charge in [0.05, 0.1) is 17.9 Å². The summed E-state index contributed by atoms with van der Waals surface area (Å²) in [7, 11) is -4.16. The van der Waals surface area contributed by atoms with Crippen molar-refractivity contribution in [1.29, 1.82) is 0 Å². The Kier molecular flexibility index (Phi) is 13.7. The molecule has 1 fully saturated rings. The average Bonchev–Trinajstić information content (AvgIpc) is 3.46. The monoisotopic (exact) mass is 605 g/mol. The van der Waals surface area contributed by atoms with Gasteiger partial charge in [0, 0.05) is 13.1 Å². The van der Waals surface area contributed by atoms with Crippen LogP contribution < -0.4 is 26.8 Å². The predicted molar refractivity (Wildman–Crippen MR) is 159 cm³/mol. The first-order chi connectivity index (χ1) is 19.9. The Bertz CT molecular complexity index is 1280. The summed E-state index contributed by atoms with van der Waals surface area (Å²) in [6, 6.07) is 15.0. The van der Waals surface area contributed by atoms with Crippen LogP contribution in [-0.2, 0) is 26.1 Å². The zero-order valence-electron chi connectivity index (χ0n) is 23.6. The van der Waals surface area contributed by atoms with Crippen LogP contribution in [0.3, 0.4) is 0 Å². The zero-order chi connectivity index (χ0) is 31.2. The number of nitrogens with two attached hydrogens (primary N) is 2. The number of benzene rings is 2. The maximum atomic E-state index is 13.1. The third-order valence-electron chi connectivity index (χ3n) is 6.84. The molecule has 42 heavy (non-hydrogen) atoms. The van der Waals surface area contributed by atoms with E-state index in [9.17, 15) is 28.1 Å². The normalized spacial score (nSPS) is 14.5. The molecule has 2 aromatic rings. The SMILES string of the molecule is COc1cccc(CCNC(=O)C2(C(=O)NC(CCCN=C(N)N)B(O)O)CCCC2)c1.O=S(=O)(O)c1ccccc1. The van der Waals surface area contributed by atoms with Gasteiger partial charge >= 0.3 is 7.12 Å². The van der Waals surface area contributed by atoms with Crippen LogP contribution in [-0.4, -0.2) is 74.1 Å². The average molecular weight is 606 g/mol. The van der Waals surface area contributed by atoms with Crippen molar-refractivity contribution in [2.24, 2.45) is 21.9 Å². The molecule has 0 radical (unpaired) electrons. The Balaban J connectivity index is 0.000000518. The molecule has 0 aromatic heterocycles. The Morgan fingerprint density at radius 3 is 2.29 bits per heavy atom. The van der Waals surface area contributed by atoms with Gasteiger partial charge in [0.2, 0.25) is 11.8 Å². The summed E-state index contributed by atoms with van der Waals surface area (Å²) >= 11 is 0. The number of rotatable bonds is 13. The van der Waals surface area contributed by atoms with E-state index < -0.39 is 34.5 Å². The van der Waals surface area contributed by atoms with Gasteiger partial charge in [0.25, 0.3) is 10.1 Å². The van der Waals surface area contributed by atoms with Gasteiger partial charge in [-0.25, -0.2) is 0 Å². The summed E-state index contributed by atoms with van der Waals surface area (Å²) in [5.41, 5.74) is 10.4. The number of hydrogen-bond acceptors (Lipinski definition) is 8. The topological polar surface area (TPSA) is 227 Å². The molecule has 0 spiro atoms. The molecule has 0 saturated heterocycles. The quantitative estimate of drug-likeness (QED) is 0.0415. The molecule has 230 valence electrons. The van der Waals surface area contributed by atoms with E-state index in [-0.39, 0.29) is 23.2 Å². The van der Waals surface area contributed by atoms with Crippen molar-refractivity contribution in [3.63, 3.8) is 0 Å². The molecule has 15 heteroatoms. The van der Waals surface area contributed by atoms with Crippen molar-refractivity contribution < 1.29 is 37.3 Å². The molecule has 2 aromatic carbocycles. The van der Waals surface area contributed by atoms with E-state index >= 15 is 0 Å². The summed E-state index contributed by atoms with van der Waals surface area (Å²) in [6.45, 7) is 0.683. The third kappa shape index (κ3) is 11.0. The first-order valence-corrected chi connectivity index (χ1v) is 15.0. The van der Waals surface area contributed by atoms with Crippen LogP contribution in [0.2, 0.25) is 0 Å². The van der Waals surface area contributed by atoms with Gasteiger partial charge in [-0.05, 0) is 61.9 Å². The van der Waals surface area contributed by atoms with E-state index in [1.54, 1.807) is 25.3 Å². The Hall–Kier alpha value is -3.66. The second kappa shape index (κ2) is 16.7. The Morgan fingerprint density at radius 2 is 1.74 bits per heavy atom. The number of hydrogen-bond donors (Lipinski definition) is 7. The van der Waals surface area contributed by atoms with E-state index in [2.05, 4.69) is 15.6 Å². The highest BCUT2D eigenvalue weighted by Gasteiger charge is 2.48. The molecule has 13 nitrogen and oxygen atoms in total. The lowest BCUT2D eigenvalue weighted by Crippen LogP contribution is -2.56. The lowest BCUT2D eigenvalue weighted by atomic mass is 9.75. The van der Waals surface area contributed by atoms with E-state index in [4.69, 9.17) is 20.8 Å². The molecule has 9 N–H and O–H groups in total. The van der Waals surface area contributed by atoms with Crippen molar-refractivity contribution in [1.82, 2.24) is 10.6 Å². The maximum Gasteiger partial charge on any atom is 0.475 e. The second-order valence-electron chi connectivity index (χ2n) is 9.88. The molecular weight excluding hydrogens is 565 g/mol. The number of carbonyl (C=O) groups is 2. The highest BCUT2D eigenvalue weighted by atomic mass is 32.2. The van der Waals surface area contributed by atoms with Gasteiger partial charge in [-0.2, -0.15) is 8.42 Å². The van der Waals surface area contributed by atoms with Crippen LogP contribution in [0.25, 0.3) is 0 Å². The van der Waals surface area contributed by atoms with Crippen molar-refractivity contribution >= 4 is 35.0 Å². The van der Waals surface area contributed by atoms with Crippen LogP contribution in [0.5, 0.6) is 5.75 Å². The standard InChI is InChI=1S/C21H34BN5O5.C6H6O3S/c1-32-16-7-4-6-15(14-16)9-13-25-18(28)21(10-2-3-11-21)19(29)27-17(22(30)31)8-5-12-26-20(23)24;7-10(8,9)6-4-2-1-3-5-6/h4,6-7,14,17,30-31H,2-3,5,8-13H2,1H3,(H,25,28)(H,27,29)(H4,23,24,26);1-5H,(H,7,8,9). The van der Waals surface area contributed by atoms with Gasteiger partial charge < -0.3 is 36.9 Å². The molecule has 1 saturated carbocycles. The van der Waals surface area contributed by atoms with E-state index in [1.165, 1.54) is 12.1 Å². The first kappa shape index (κ1) is 34.5. The molecule has 0 heterocycles. The molecule has 3 rings (SSSR count). The molecule has 1 aliphatic rings. The van der Waals surface area contributed by atoms with Crippen LogP contribution in [0, 0.1) is 5.41 Å². The van der Waals surface area contributed by atoms with E-state index in [0.29, 0.717) is 38.8 Å². The van der Waals surface area contributed by atoms with E-state index in [1.807, 2.05) is 24.3 Å². The van der Waals surface area contributed by atoms with Crippen molar-refractivity contribution in [2.75, 3.05) is 20.2 Å². The second-order valence-corrected chi connectivity index (χ2v) is 11.3. The molecule has 1 aliphatic carbocycles. The fourth-order valence-corrected chi connectivity index (χ4v) is 5.07. The number of nitrogens with zero attached hydrogens (tertiary/aromatic N) is 1. The summed E-state index contributed by atoms with van der Waals surface area (Å²) in [5, 5.41) is 24.9. The molecule has 2 amide bonds. The van der Waals surface area contributed by atoms with Crippen molar-refractivity contribution in [3.05, 3.63) is 60.2 Å². The number of aliphatic imine (C=N–C) groups is 1. The smallest absolute Gasteiger partial charge is 0.475 e. The van der Waals surface area contributed by atoms with Gasteiger partial charge in [0.1, 0.15) is 11.2 Å². The highest BCUT2D eigenvalue weighted by molar-refractivity contribution is 7.85. The Morgan fingerprint density at radius 1 is 1.07 bits per heavy atom. The number of nitrogens with one attached hydrogen (secondary N) is 2. The lowest BCUT2D eigenvalue weighted by Gasteiger charge is -2.29. The summed E-state index contributed by atoms with van der Waals surface area (Å²) in [4.78, 5) is 29.9. The summed E-state index contributed by atoms with van der Waals surface area (Å²) in [5.74, 6) is -1.03. The number of carbonyl (C=O) groups excluding carboxylic acids is 2. The summed E-state index contributed by atoms with van der Waals surface area (Å²) < 4.78 is 34.5. The number of guanidine groups is 1. The highest BCUT2D eigenvalue weighted by Crippen LogP contribution is 2.39. The van der Waals surface area contributed by atoms with Crippen LogP contribution >= 0.6 is 0 Å².